The molecular formula is C15H16N2OS. The molecule has 19 heavy (non-hydrogen) atoms. The minimum atomic E-state index is 0.296. The predicted molar refractivity (Wildman–Crippen MR) is 79.8 cm³/mol. The summed E-state index contributed by atoms with van der Waals surface area (Å²) in [6, 6.07) is 10.7. The lowest BCUT2D eigenvalue weighted by Crippen LogP contribution is -2.04. The number of benzene rings is 1. The Morgan fingerprint density at radius 3 is 2.79 bits per heavy atom. The van der Waals surface area contributed by atoms with Gasteiger partial charge in [0, 0.05) is 22.4 Å². The molecule has 0 saturated carbocycles. The third-order valence-corrected chi connectivity index (χ3v) is 4.25. The van der Waals surface area contributed by atoms with Crippen LogP contribution in [0.5, 0.6) is 0 Å². The van der Waals surface area contributed by atoms with E-state index in [-0.39, 0.29) is 0 Å². The summed E-state index contributed by atoms with van der Waals surface area (Å²) in [5, 5.41) is 3.50. The molecule has 0 fully saturated rings. The smallest absolute Gasteiger partial charge is 0.192 e. The van der Waals surface area contributed by atoms with Crippen LogP contribution < -0.4 is 5.32 Å². The number of rotatable bonds is 3. The first kappa shape index (κ1) is 12.2. The van der Waals surface area contributed by atoms with E-state index < -0.39 is 0 Å². The van der Waals surface area contributed by atoms with Gasteiger partial charge < -0.3 is 9.73 Å². The lowest BCUT2D eigenvalue weighted by Gasteiger charge is -2.13. The van der Waals surface area contributed by atoms with Crippen LogP contribution in [0, 0.1) is 13.8 Å². The fourth-order valence-corrected chi connectivity index (χ4v) is 3.02. The van der Waals surface area contributed by atoms with E-state index in [0.29, 0.717) is 11.9 Å². The normalized spacial score (nSPS) is 12.8. The number of oxazole rings is 1. The molecule has 1 N–H and O–H groups in total. The molecule has 0 spiro atoms. The van der Waals surface area contributed by atoms with Crippen molar-refractivity contribution >= 4 is 28.1 Å². The van der Waals surface area contributed by atoms with Crippen LogP contribution in [0.2, 0.25) is 0 Å². The van der Waals surface area contributed by atoms with E-state index in [1.165, 1.54) is 9.75 Å². The van der Waals surface area contributed by atoms with Gasteiger partial charge >= 0.3 is 0 Å². The van der Waals surface area contributed by atoms with Gasteiger partial charge in [0.1, 0.15) is 5.52 Å². The molecule has 1 unspecified atom stereocenters. The summed E-state index contributed by atoms with van der Waals surface area (Å²) in [4.78, 5) is 7.03. The summed E-state index contributed by atoms with van der Waals surface area (Å²) in [6.45, 7) is 6.17. The first-order chi connectivity index (χ1) is 9.11. The molecule has 0 radical (unpaired) electrons. The van der Waals surface area contributed by atoms with E-state index in [1.807, 2.05) is 36.5 Å². The number of nitrogens with one attached hydrogen (secondary N) is 1. The molecule has 2 aromatic heterocycles. The van der Waals surface area contributed by atoms with Gasteiger partial charge in [-0.15, -0.1) is 11.3 Å². The first-order valence-corrected chi connectivity index (χ1v) is 7.13. The zero-order chi connectivity index (χ0) is 13.4. The molecule has 4 heteroatoms. The summed E-state index contributed by atoms with van der Waals surface area (Å²) in [5.74, 6) is 0.703. The number of fused-ring (bicyclic) bond motifs is 1. The second-order valence-electron chi connectivity index (χ2n) is 4.73. The second-order valence-corrected chi connectivity index (χ2v) is 6.05. The van der Waals surface area contributed by atoms with Crippen molar-refractivity contribution in [2.45, 2.75) is 26.8 Å². The first-order valence-electron chi connectivity index (χ1n) is 6.32. The number of anilines is 1. The van der Waals surface area contributed by atoms with Gasteiger partial charge in [-0.05, 0) is 44.2 Å². The maximum absolute atomic E-state index is 5.48. The predicted octanol–water partition coefficient (Wildman–Crippen LogP) is 4.68. The van der Waals surface area contributed by atoms with E-state index in [2.05, 4.69) is 36.3 Å². The second kappa shape index (κ2) is 4.70. The number of hydrogen-bond donors (Lipinski definition) is 1. The molecule has 0 aliphatic heterocycles. The van der Waals surface area contributed by atoms with E-state index in [0.717, 1.165) is 16.8 Å². The van der Waals surface area contributed by atoms with Crippen LogP contribution in [-0.2, 0) is 0 Å². The van der Waals surface area contributed by atoms with Crippen LogP contribution in [-0.4, -0.2) is 4.98 Å². The van der Waals surface area contributed by atoms with Gasteiger partial charge in [-0.3, -0.25) is 0 Å². The molecule has 3 nitrogen and oxygen atoms in total. The Labute approximate surface area is 116 Å². The highest BCUT2D eigenvalue weighted by molar-refractivity contribution is 7.12. The van der Waals surface area contributed by atoms with Crippen molar-refractivity contribution in [1.82, 2.24) is 4.98 Å². The van der Waals surface area contributed by atoms with Crippen LogP contribution in [0.3, 0.4) is 0 Å². The minimum Gasteiger partial charge on any atom is -0.441 e. The summed E-state index contributed by atoms with van der Waals surface area (Å²) >= 11 is 1.83. The number of aromatic nitrogens is 1. The van der Waals surface area contributed by atoms with Gasteiger partial charge in [0.2, 0.25) is 0 Å². The molecule has 1 atom stereocenters. The SMILES string of the molecule is Cc1nc2cc(NC(C)c3ccc(C)s3)ccc2o1. The monoisotopic (exact) mass is 272 g/mol. The number of aryl methyl sites for hydroxylation is 2. The molecular weight excluding hydrogens is 256 g/mol. The fourth-order valence-electron chi connectivity index (χ4n) is 2.14. The van der Waals surface area contributed by atoms with Gasteiger partial charge in [-0.25, -0.2) is 4.98 Å². The molecule has 0 saturated heterocycles. The Morgan fingerprint density at radius 2 is 2.05 bits per heavy atom. The minimum absolute atomic E-state index is 0.296. The molecule has 2 heterocycles. The Hall–Kier alpha value is -1.81. The van der Waals surface area contributed by atoms with E-state index in [1.54, 1.807) is 0 Å². The number of thiophene rings is 1. The number of hydrogen-bond acceptors (Lipinski definition) is 4. The summed E-state index contributed by atoms with van der Waals surface area (Å²) in [6.07, 6.45) is 0. The van der Waals surface area contributed by atoms with Gasteiger partial charge in [0.15, 0.2) is 11.5 Å². The highest BCUT2D eigenvalue weighted by atomic mass is 32.1. The lowest BCUT2D eigenvalue weighted by molar-refractivity contribution is 0.561. The highest BCUT2D eigenvalue weighted by Gasteiger charge is 2.09. The van der Waals surface area contributed by atoms with Crippen molar-refractivity contribution < 1.29 is 4.42 Å². The molecule has 3 rings (SSSR count). The van der Waals surface area contributed by atoms with Gasteiger partial charge in [0.25, 0.3) is 0 Å². The maximum Gasteiger partial charge on any atom is 0.192 e. The Bertz CT molecular complexity index is 714. The molecule has 0 aliphatic rings. The van der Waals surface area contributed by atoms with Gasteiger partial charge in [0.05, 0.1) is 6.04 Å². The van der Waals surface area contributed by atoms with Crippen LogP contribution >= 0.6 is 11.3 Å². The van der Waals surface area contributed by atoms with Crippen LogP contribution in [0.15, 0.2) is 34.7 Å². The van der Waals surface area contributed by atoms with E-state index in [9.17, 15) is 0 Å². The average molecular weight is 272 g/mol. The van der Waals surface area contributed by atoms with E-state index in [4.69, 9.17) is 4.42 Å². The average Bonchev–Trinajstić information content (AvgIpc) is 2.93. The molecule has 0 bridgehead atoms. The maximum atomic E-state index is 5.48. The van der Waals surface area contributed by atoms with Crippen LogP contribution in [0.4, 0.5) is 5.69 Å². The lowest BCUT2D eigenvalue weighted by atomic mass is 10.2. The van der Waals surface area contributed by atoms with E-state index >= 15 is 0 Å². The summed E-state index contributed by atoms with van der Waals surface area (Å²) in [5.41, 5.74) is 2.80. The zero-order valence-electron chi connectivity index (χ0n) is 11.2. The Morgan fingerprint density at radius 1 is 1.21 bits per heavy atom. The standard InChI is InChI=1S/C15H16N2OS/c1-9-4-7-15(19-9)10(2)16-12-5-6-14-13(8-12)17-11(3)18-14/h4-8,10,16H,1-3H3. The van der Waals surface area contributed by atoms with Gasteiger partial charge in [-0.2, -0.15) is 0 Å². The third-order valence-electron chi connectivity index (χ3n) is 3.07. The molecule has 3 aromatic rings. The number of nitrogens with zero attached hydrogens (tertiary/aromatic N) is 1. The Balaban J connectivity index is 1.84. The fraction of sp³-hybridized carbons (Fsp3) is 0.267. The zero-order valence-corrected chi connectivity index (χ0v) is 12.0. The van der Waals surface area contributed by atoms with Crippen molar-refractivity contribution in [3.8, 4) is 0 Å². The van der Waals surface area contributed by atoms with Crippen molar-refractivity contribution in [1.29, 1.82) is 0 Å². The molecule has 0 amide bonds. The quantitative estimate of drug-likeness (QED) is 0.752. The van der Waals surface area contributed by atoms with Crippen molar-refractivity contribution in [2.24, 2.45) is 0 Å². The van der Waals surface area contributed by atoms with Crippen molar-refractivity contribution in [3.63, 3.8) is 0 Å². The molecule has 98 valence electrons. The molecule has 0 aliphatic carbocycles. The Kier molecular flexibility index (Phi) is 3.03. The van der Waals surface area contributed by atoms with Crippen LogP contribution in [0.25, 0.3) is 11.1 Å². The van der Waals surface area contributed by atoms with Crippen LogP contribution in [0.1, 0.15) is 28.6 Å². The molecule has 1 aromatic carbocycles. The van der Waals surface area contributed by atoms with Crippen molar-refractivity contribution in [3.05, 3.63) is 46.0 Å². The third kappa shape index (κ3) is 2.49. The largest absolute Gasteiger partial charge is 0.441 e. The van der Waals surface area contributed by atoms with Crippen molar-refractivity contribution in [2.75, 3.05) is 5.32 Å². The summed E-state index contributed by atoms with van der Waals surface area (Å²) < 4.78 is 5.48. The summed E-state index contributed by atoms with van der Waals surface area (Å²) in [7, 11) is 0. The van der Waals surface area contributed by atoms with Gasteiger partial charge in [-0.1, -0.05) is 0 Å². The topological polar surface area (TPSA) is 38.1 Å². The highest BCUT2D eigenvalue weighted by Crippen LogP contribution is 2.27.